The minimum Gasteiger partial charge on any atom is -0.486 e. The van der Waals surface area contributed by atoms with Gasteiger partial charge in [0.1, 0.15) is 13.2 Å². The SMILES string of the molecule is CC(C(=O)N(C)c1ccc2ccccc2c1)c1ccc2c(c1)OCCO2. The van der Waals surface area contributed by atoms with Crippen LogP contribution in [0.1, 0.15) is 18.4 Å². The quantitative estimate of drug-likeness (QED) is 0.706. The molecule has 4 rings (SSSR count). The van der Waals surface area contributed by atoms with E-state index >= 15 is 0 Å². The third kappa shape index (κ3) is 2.99. The van der Waals surface area contributed by atoms with Crippen LogP contribution in [0.15, 0.2) is 60.7 Å². The average Bonchev–Trinajstić information content (AvgIpc) is 2.71. The van der Waals surface area contributed by atoms with Crippen LogP contribution in [0.3, 0.4) is 0 Å². The van der Waals surface area contributed by atoms with Gasteiger partial charge in [-0.3, -0.25) is 4.79 Å². The fourth-order valence-corrected chi connectivity index (χ4v) is 3.27. The van der Waals surface area contributed by atoms with Gasteiger partial charge in [0, 0.05) is 12.7 Å². The summed E-state index contributed by atoms with van der Waals surface area (Å²) < 4.78 is 11.2. The highest BCUT2D eigenvalue weighted by molar-refractivity contribution is 5.99. The van der Waals surface area contributed by atoms with Gasteiger partial charge in [-0.15, -0.1) is 0 Å². The van der Waals surface area contributed by atoms with Crippen molar-refractivity contribution >= 4 is 22.4 Å². The summed E-state index contributed by atoms with van der Waals surface area (Å²) in [7, 11) is 1.82. The molecular weight excluding hydrogens is 326 g/mol. The van der Waals surface area contributed by atoms with E-state index in [4.69, 9.17) is 9.47 Å². The van der Waals surface area contributed by atoms with Crippen LogP contribution in [-0.4, -0.2) is 26.2 Å². The second-order valence-electron chi connectivity index (χ2n) is 6.55. The van der Waals surface area contributed by atoms with Crippen molar-refractivity contribution in [3.8, 4) is 11.5 Å². The van der Waals surface area contributed by atoms with Crippen LogP contribution in [0.2, 0.25) is 0 Å². The highest BCUT2D eigenvalue weighted by Gasteiger charge is 2.22. The molecule has 0 aliphatic carbocycles. The van der Waals surface area contributed by atoms with Gasteiger partial charge in [0.2, 0.25) is 5.91 Å². The number of nitrogens with zero attached hydrogens (tertiary/aromatic N) is 1. The minimum absolute atomic E-state index is 0.0389. The summed E-state index contributed by atoms with van der Waals surface area (Å²) in [6.45, 7) is 3.02. The lowest BCUT2D eigenvalue weighted by molar-refractivity contribution is -0.119. The summed E-state index contributed by atoms with van der Waals surface area (Å²) in [6.07, 6.45) is 0. The lowest BCUT2D eigenvalue weighted by Crippen LogP contribution is -2.30. The third-order valence-corrected chi connectivity index (χ3v) is 4.89. The molecule has 132 valence electrons. The molecule has 3 aromatic carbocycles. The van der Waals surface area contributed by atoms with Gasteiger partial charge in [-0.25, -0.2) is 0 Å². The van der Waals surface area contributed by atoms with E-state index in [2.05, 4.69) is 12.1 Å². The Kier molecular flexibility index (Phi) is 4.25. The Morgan fingerprint density at radius 1 is 0.923 bits per heavy atom. The normalized spacial score (nSPS) is 14.1. The summed E-state index contributed by atoms with van der Waals surface area (Å²) in [6, 6.07) is 19.9. The standard InChI is InChI=1S/C22H21NO3/c1-15(17-8-10-20-21(14-17)26-12-11-25-20)22(24)23(2)19-9-7-16-5-3-4-6-18(16)13-19/h3-10,13-15H,11-12H2,1-2H3. The Morgan fingerprint density at radius 3 is 2.46 bits per heavy atom. The number of likely N-dealkylation sites (N-methyl/N-ethyl adjacent to an activating group) is 1. The number of rotatable bonds is 3. The molecule has 1 atom stereocenters. The summed E-state index contributed by atoms with van der Waals surface area (Å²) >= 11 is 0. The molecule has 1 amide bonds. The lowest BCUT2D eigenvalue weighted by atomic mass is 9.98. The van der Waals surface area contributed by atoms with Crippen molar-refractivity contribution in [2.24, 2.45) is 0 Å². The van der Waals surface area contributed by atoms with Crippen molar-refractivity contribution < 1.29 is 14.3 Å². The Balaban J connectivity index is 1.59. The van der Waals surface area contributed by atoms with Crippen LogP contribution >= 0.6 is 0 Å². The van der Waals surface area contributed by atoms with Gasteiger partial charge in [-0.2, -0.15) is 0 Å². The number of hydrogen-bond donors (Lipinski definition) is 0. The van der Waals surface area contributed by atoms with Crippen molar-refractivity contribution in [3.05, 3.63) is 66.2 Å². The molecule has 1 heterocycles. The van der Waals surface area contributed by atoms with Crippen molar-refractivity contribution in [2.45, 2.75) is 12.8 Å². The van der Waals surface area contributed by atoms with Gasteiger partial charge in [0.05, 0.1) is 5.92 Å². The first-order valence-corrected chi connectivity index (χ1v) is 8.79. The fraction of sp³-hybridized carbons (Fsp3) is 0.227. The van der Waals surface area contributed by atoms with Gasteiger partial charge in [0.15, 0.2) is 11.5 Å². The van der Waals surface area contributed by atoms with E-state index < -0.39 is 0 Å². The van der Waals surface area contributed by atoms with E-state index in [9.17, 15) is 4.79 Å². The third-order valence-electron chi connectivity index (χ3n) is 4.89. The Labute approximate surface area is 153 Å². The zero-order chi connectivity index (χ0) is 18.1. The molecule has 0 saturated heterocycles. The second kappa shape index (κ2) is 6.71. The summed E-state index contributed by atoms with van der Waals surface area (Å²) in [4.78, 5) is 14.7. The molecular formula is C22H21NO3. The molecule has 0 saturated carbocycles. The summed E-state index contributed by atoms with van der Waals surface area (Å²) in [5.41, 5.74) is 1.81. The van der Waals surface area contributed by atoms with E-state index in [1.165, 1.54) is 0 Å². The first kappa shape index (κ1) is 16.5. The molecule has 4 nitrogen and oxygen atoms in total. The number of fused-ring (bicyclic) bond motifs is 2. The zero-order valence-electron chi connectivity index (χ0n) is 14.9. The summed E-state index contributed by atoms with van der Waals surface area (Å²) in [5, 5.41) is 2.29. The molecule has 1 aliphatic heterocycles. The molecule has 4 heteroatoms. The molecule has 0 fully saturated rings. The number of hydrogen-bond acceptors (Lipinski definition) is 3. The Hall–Kier alpha value is -3.01. The predicted molar refractivity (Wildman–Crippen MR) is 103 cm³/mol. The molecule has 3 aromatic rings. The topological polar surface area (TPSA) is 38.8 Å². The second-order valence-corrected chi connectivity index (χ2v) is 6.55. The monoisotopic (exact) mass is 347 g/mol. The first-order valence-electron chi connectivity index (χ1n) is 8.79. The molecule has 26 heavy (non-hydrogen) atoms. The number of carbonyl (C=O) groups excluding carboxylic acids is 1. The van der Waals surface area contributed by atoms with Crippen LogP contribution in [0, 0.1) is 0 Å². The van der Waals surface area contributed by atoms with Crippen molar-refractivity contribution in [2.75, 3.05) is 25.2 Å². The number of ether oxygens (including phenoxy) is 2. The lowest BCUT2D eigenvalue weighted by Gasteiger charge is -2.24. The first-order chi connectivity index (χ1) is 12.6. The predicted octanol–water partition coefficient (Wildman–Crippen LogP) is 4.38. The van der Waals surface area contributed by atoms with E-state index in [0.717, 1.165) is 27.8 Å². The maximum atomic E-state index is 13.0. The van der Waals surface area contributed by atoms with Crippen LogP contribution in [0.25, 0.3) is 10.8 Å². The van der Waals surface area contributed by atoms with Gasteiger partial charge >= 0.3 is 0 Å². The van der Waals surface area contributed by atoms with Crippen molar-refractivity contribution in [1.82, 2.24) is 0 Å². The Morgan fingerprint density at radius 2 is 1.65 bits per heavy atom. The largest absolute Gasteiger partial charge is 0.486 e. The van der Waals surface area contributed by atoms with Crippen molar-refractivity contribution in [3.63, 3.8) is 0 Å². The van der Waals surface area contributed by atoms with Crippen molar-refractivity contribution in [1.29, 1.82) is 0 Å². The van der Waals surface area contributed by atoms with E-state index in [1.807, 2.05) is 62.5 Å². The van der Waals surface area contributed by atoms with E-state index in [0.29, 0.717) is 19.0 Å². The van der Waals surface area contributed by atoms with Crippen LogP contribution < -0.4 is 14.4 Å². The average molecular weight is 347 g/mol. The van der Waals surface area contributed by atoms with Gasteiger partial charge in [-0.05, 0) is 47.5 Å². The number of carbonyl (C=O) groups is 1. The van der Waals surface area contributed by atoms with Gasteiger partial charge in [-0.1, -0.05) is 36.4 Å². The zero-order valence-corrected chi connectivity index (χ0v) is 14.9. The highest BCUT2D eigenvalue weighted by atomic mass is 16.6. The Bertz CT molecular complexity index is 967. The number of amides is 1. The molecule has 0 spiro atoms. The van der Waals surface area contributed by atoms with E-state index in [-0.39, 0.29) is 11.8 Å². The fourth-order valence-electron chi connectivity index (χ4n) is 3.27. The van der Waals surface area contributed by atoms with Gasteiger partial charge < -0.3 is 14.4 Å². The maximum Gasteiger partial charge on any atom is 0.233 e. The van der Waals surface area contributed by atoms with Crippen LogP contribution in [-0.2, 0) is 4.79 Å². The highest BCUT2D eigenvalue weighted by Crippen LogP contribution is 2.34. The summed E-state index contributed by atoms with van der Waals surface area (Å²) in [5.74, 6) is 1.21. The molecule has 0 radical (unpaired) electrons. The smallest absolute Gasteiger partial charge is 0.233 e. The van der Waals surface area contributed by atoms with E-state index in [1.54, 1.807) is 4.90 Å². The minimum atomic E-state index is -0.276. The van der Waals surface area contributed by atoms with Gasteiger partial charge in [0.25, 0.3) is 0 Å². The molecule has 0 N–H and O–H groups in total. The number of benzene rings is 3. The molecule has 1 aliphatic rings. The maximum absolute atomic E-state index is 13.0. The number of anilines is 1. The molecule has 0 bridgehead atoms. The molecule has 1 unspecified atom stereocenters. The van der Waals surface area contributed by atoms with Crippen LogP contribution in [0.4, 0.5) is 5.69 Å². The molecule has 0 aromatic heterocycles. The van der Waals surface area contributed by atoms with Crippen LogP contribution in [0.5, 0.6) is 11.5 Å².